The molecule has 5 nitrogen and oxygen atoms in total. The summed E-state index contributed by atoms with van der Waals surface area (Å²) in [5, 5.41) is 9.06. The molecular weight excluding hydrogens is 434 g/mol. The summed E-state index contributed by atoms with van der Waals surface area (Å²) >= 11 is 1.36. The predicted octanol–water partition coefficient (Wildman–Crippen LogP) is 5.39. The molecule has 0 unspecified atom stereocenters. The molecule has 0 saturated heterocycles. The van der Waals surface area contributed by atoms with E-state index in [1.165, 1.54) is 30.2 Å². The van der Waals surface area contributed by atoms with Crippen molar-refractivity contribution in [2.45, 2.75) is 23.3 Å². The number of carbonyl (C=O) groups is 1. The highest BCUT2D eigenvalue weighted by Crippen LogP contribution is 2.37. The Hall–Kier alpha value is -3.02. The molecule has 0 saturated carbocycles. The minimum absolute atomic E-state index is 0.00331. The molecule has 30 heavy (non-hydrogen) atoms. The van der Waals surface area contributed by atoms with Crippen LogP contribution in [0.3, 0.4) is 0 Å². The van der Waals surface area contributed by atoms with Gasteiger partial charge in [-0.1, -0.05) is 23.9 Å². The van der Waals surface area contributed by atoms with Gasteiger partial charge in [-0.05, 0) is 35.9 Å². The minimum atomic E-state index is -5.00. The Morgan fingerprint density at radius 1 is 0.967 bits per heavy atom. The lowest BCUT2D eigenvalue weighted by Crippen LogP contribution is -2.16. The van der Waals surface area contributed by atoms with Gasteiger partial charge in [-0.15, -0.1) is 0 Å². The number of rotatable bonds is 5. The lowest BCUT2D eigenvalue weighted by atomic mass is 10.1. The first kappa shape index (κ1) is 21.7. The largest absolute Gasteiger partial charge is 0.416 e. The van der Waals surface area contributed by atoms with E-state index in [1.807, 2.05) is 0 Å². The highest BCUT2D eigenvalue weighted by Gasteiger charge is 2.37. The van der Waals surface area contributed by atoms with E-state index >= 15 is 0 Å². The van der Waals surface area contributed by atoms with Gasteiger partial charge in [0.25, 0.3) is 5.91 Å². The van der Waals surface area contributed by atoms with E-state index in [-0.39, 0.29) is 11.6 Å². The second kappa shape index (κ2) is 8.38. The number of hydrogen-bond donors (Lipinski definition) is 2. The number of hydrogen-bond acceptors (Lipinski definition) is 4. The topological polar surface area (TPSA) is 70.7 Å². The number of benzene rings is 2. The SMILES string of the molecule is O=C(Nc1cc(C(F)(F)F)cc(C(F)(F)F)c1)c1ccc(CSc2ncn[nH]2)cc1. The molecule has 3 aromatic rings. The summed E-state index contributed by atoms with van der Waals surface area (Å²) in [5.74, 6) is -0.323. The molecular formula is C18H12F6N4OS. The summed E-state index contributed by atoms with van der Waals surface area (Å²) in [6, 6.07) is 6.98. The number of H-pyrrole nitrogens is 1. The Kier molecular flexibility index (Phi) is 6.06. The summed E-state index contributed by atoms with van der Waals surface area (Å²) in [6.07, 6.45) is -8.64. The molecule has 0 aliphatic carbocycles. The van der Waals surface area contributed by atoms with Crippen molar-refractivity contribution in [3.63, 3.8) is 0 Å². The lowest BCUT2D eigenvalue weighted by molar-refractivity contribution is -0.143. The second-order valence-electron chi connectivity index (χ2n) is 6.02. The average Bonchev–Trinajstić information content (AvgIpc) is 3.19. The molecule has 0 fully saturated rings. The van der Waals surface area contributed by atoms with Gasteiger partial charge in [-0.25, -0.2) is 4.98 Å². The lowest BCUT2D eigenvalue weighted by Gasteiger charge is -2.15. The summed E-state index contributed by atoms with van der Waals surface area (Å²) in [4.78, 5) is 16.2. The number of alkyl halides is 6. The van der Waals surface area contributed by atoms with Crippen LogP contribution in [0, 0.1) is 0 Å². The molecule has 12 heteroatoms. The van der Waals surface area contributed by atoms with Crippen LogP contribution in [0.2, 0.25) is 0 Å². The van der Waals surface area contributed by atoms with Crippen LogP contribution in [0.5, 0.6) is 0 Å². The molecule has 0 bridgehead atoms. The maximum Gasteiger partial charge on any atom is 0.416 e. The van der Waals surface area contributed by atoms with E-state index in [4.69, 9.17) is 0 Å². The first-order chi connectivity index (χ1) is 14.0. The average molecular weight is 446 g/mol. The fourth-order valence-electron chi connectivity index (χ4n) is 2.40. The molecule has 3 rings (SSSR count). The third kappa shape index (κ3) is 5.53. The van der Waals surface area contributed by atoms with Gasteiger partial charge >= 0.3 is 12.4 Å². The van der Waals surface area contributed by atoms with Gasteiger partial charge in [0.1, 0.15) is 6.33 Å². The number of carbonyl (C=O) groups excluding carboxylic acids is 1. The zero-order valence-electron chi connectivity index (χ0n) is 14.8. The van der Waals surface area contributed by atoms with Gasteiger partial charge in [0.05, 0.1) is 11.1 Å². The van der Waals surface area contributed by atoms with E-state index in [9.17, 15) is 31.1 Å². The van der Waals surface area contributed by atoms with Gasteiger partial charge in [-0.2, -0.15) is 31.4 Å². The fourth-order valence-corrected chi connectivity index (χ4v) is 3.13. The van der Waals surface area contributed by atoms with E-state index in [1.54, 1.807) is 12.1 Å². The van der Waals surface area contributed by atoms with E-state index in [0.29, 0.717) is 23.0 Å². The second-order valence-corrected chi connectivity index (χ2v) is 6.99. The first-order valence-electron chi connectivity index (χ1n) is 8.20. The van der Waals surface area contributed by atoms with E-state index in [2.05, 4.69) is 20.5 Å². The maximum absolute atomic E-state index is 12.9. The number of thioether (sulfide) groups is 1. The van der Waals surface area contributed by atoms with Crippen molar-refractivity contribution in [1.29, 1.82) is 0 Å². The van der Waals surface area contributed by atoms with Gasteiger partial charge in [0, 0.05) is 17.0 Å². The van der Waals surface area contributed by atoms with Crippen LogP contribution in [-0.4, -0.2) is 21.1 Å². The summed E-state index contributed by atoms with van der Waals surface area (Å²) in [5.41, 5.74) is -2.72. The van der Waals surface area contributed by atoms with Crippen LogP contribution in [0.25, 0.3) is 0 Å². The van der Waals surface area contributed by atoms with Crippen molar-refractivity contribution < 1.29 is 31.1 Å². The summed E-state index contributed by atoms with van der Waals surface area (Å²) in [6.45, 7) is 0. The number of anilines is 1. The monoisotopic (exact) mass is 446 g/mol. The Morgan fingerprint density at radius 2 is 1.57 bits per heavy atom. The normalized spacial score (nSPS) is 12.1. The molecule has 0 spiro atoms. The Bertz CT molecular complexity index is 984. The number of amides is 1. The maximum atomic E-state index is 12.9. The fraction of sp³-hybridized carbons (Fsp3) is 0.167. The van der Waals surface area contributed by atoms with Crippen LogP contribution >= 0.6 is 11.8 Å². The van der Waals surface area contributed by atoms with Gasteiger partial charge < -0.3 is 5.32 Å². The van der Waals surface area contributed by atoms with Crippen LogP contribution in [0.4, 0.5) is 32.0 Å². The van der Waals surface area contributed by atoms with Crippen LogP contribution < -0.4 is 5.32 Å². The number of aromatic nitrogens is 3. The van der Waals surface area contributed by atoms with E-state index in [0.717, 1.165) is 5.56 Å². The van der Waals surface area contributed by atoms with Crippen molar-refractivity contribution in [3.8, 4) is 0 Å². The van der Waals surface area contributed by atoms with Crippen LogP contribution in [0.1, 0.15) is 27.0 Å². The summed E-state index contributed by atoms with van der Waals surface area (Å²) < 4.78 is 77.5. The van der Waals surface area contributed by atoms with Crippen molar-refractivity contribution in [2.24, 2.45) is 0 Å². The Labute approximate surface area is 169 Å². The van der Waals surface area contributed by atoms with Crippen molar-refractivity contribution in [1.82, 2.24) is 15.2 Å². The van der Waals surface area contributed by atoms with Gasteiger partial charge in [-0.3, -0.25) is 9.89 Å². The molecule has 2 N–H and O–H groups in total. The molecule has 0 atom stereocenters. The van der Waals surface area contributed by atoms with Crippen molar-refractivity contribution in [3.05, 3.63) is 71.0 Å². The van der Waals surface area contributed by atoms with Crippen LogP contribution in [0.15, 0.2) is 53.9 Å². The van der Waals surface area contributed by atoms with Gasteiger partial charge in [0.15, 0.2) is 5.16 Å². The number of halogens is 6. The standard InChI is InChI=1S/C18H12F6N4OS/c19-17(20,21)12-5-13(18(22,23)24)7-14(6-12)27-15(29)11-3-1-10(2-4-11)8-30-16-25-9-26-28-16/h1-7,9H,8H2,(H,27,29)(H,25,26,28). The third-order valence-corrected chi connectivity index (χ3v) is 4.78. The third-order valence-electron chi connectivity index (χ3n) is 3.83. The molecule has 0 aliphatic heterocycles. The molecule has 1 amide bonds. The zero-order valence-corrected chi connectivity index (χ0v) is 15.6. The Balaban J connectivity index is 1.74. The molecule has 0 radical (unpaired) electrons. The predicted molar refractivity (Wildman–Crippen MR) is 96.8 cm³/mol. The van der Waals surface area contributed by atoms with Gasteiger partial charge in [0.2, 0.25) is 0 Å². The molecule has 1 aromatic heterocycles. The Morgan fingerprint density at radius 3 is 2.07 bits per heavy atom. The summed E-state index contributed by atoms with van der Waals surface area (Å²) in [7, 11) is 0. The number of nitrogens with one attached hydrogen (secondary N) is 2. The van der Waals surface area contributed by atoms with Crippen molar-refractivity contribution >= 4 is 23.4 Å². The molecule has 158 valence electrons. The van der Waals surface area contributed by atoms with Crippen molar-refractivity contribution in [2.75, 3.05) is 5.32 Å². The highest BCUT2D eigenvalue weighted by atomic mass is 32.2. The zero-order chi connectivity index (χ0) is 21.9. The molecule has 2 aromatic carbocycles. The molecule has 0 aliphatic rings. The smallest absolute Gasteiger partial charge is 0.322 e. The number of aromatic amines is 1. The molecule has 1 heterocycles. The van der Waals surface area contributed by atoms with Crippen LogP contribution in [-0.2, 0) is 18.1 Å². The minimum Gasteiger partial charge on any atom is -0.322 e. The highest BCUT2D eigenvalue weighted by molar-refractivity contribution is 7.98. The number of nitrogens with zero attached hydrogens (tertiary/aromatic N) is 2. The van der Waals surface area contributed by atoms with E-state index < -0.39 is 35.1 Å². The quantitative estimate of drug-likeness (QED) is 0.408. The first-order valence-corrected chi connectivity index (χ1v) is 9.19.